The fourth-order valence-corrected chi connectivity index (χ4v) is 1.59. The molecular weight excluding hydrogens is 276 g/mol. The molecule has 0 bridgehead atoms. The number of nitrogens with two attached hydrogens (primary N) is 1. The van der Waals surface area contributed by atoms with E-state index in [0.29, 0.717) is 17.1 Å². The lowest BCUT2D eigenvalue weighted by Gasteiger charge is -2.07. The van der Waals surface area contributed by atoms with Crippen molar-refractivity contribution in [1.82, 2.24) is 4.98 Å². The zero-order valence-corrected chi connectivity index (χ0v) is 11.1. The number of primary amides is 1. The number of anilines is 1. The van der Waals surface area contributed by atoms with Crippen molar-refractivity contribution in [2.45, 2.75) is 0 Å². The summed E-state index contributed by atoms with van der Waals surface area (Å²) < 4.78 is 5.40. The molecule has 2 aromatic rings. The fourth-order valence-electron chi connectivity index (χ4n) is 1.59. The molecule has 2 rings (SSSR count). The van der Waals surface area contributed by atoms with Gasteiger partial charge in [0.2, 0.25) is 5.91 Å². The Bertz CT molecular complexity index is 685. The van der Waals surface area contributed by atoms with Gasteiger partial charge in [0, 0.05) is 18.7 Å². The molecule has 8 heteroatoms. The first kappa shape index (κ1) is 14.3. The monoisotopic (exact) mass is 288 g/mol. The maximum absolute atomic E-state index is 11.0. The molecule has 0 aliphatic rings. The summed E-state index contributed by atoms with van der Waals surface area (Å²) in [6.07, 6.45) is 0. The van der Waals surface area contributed by atoms with Crippen LogP contribution in [-0.4, -0.2) is 22.9 Å². The molecule has 0 saturated heterocycles. The molecule has 21 heavy (non-hydrogen) atoms. The van der Waals surface area contributed by atoms with E-state index in [2.05, 4.69) is 10.3 Å². The molecule has 0 atom stereocenters. The second-order valence-electron chi connectivity index (χ2n) is 4.02. The van der Waals surface area contributed by atoms with Gasteiger partial charge in [-0.15, -0.1) is 0 Å². The molecule has 0 fully saturated rings. The number of carbonyl (C=O) groups is 1. The van der Waals surface area contributed by atoms with Gasteiger partial charge in [0.1, 0.15) is 11.6 Å². The molecule has 108 valence electrons. The van der Waals surface area contributed by atoms with Crippen LogP contribution in [0.5, 0.6) is 11.6 Å². The van der Waals surface area contributed by atoms with Crippen LogP contribution in [0.1, 0.15) is 10.4 Å². The maximum atomic E-state index is 11.0. The van der Waals surface area contributed by atoms with Crippen molar-refractivity contribution in [2.24, 2.45) is 5.73 Å². The van der Waals surface area contributed by atoms with Crippen molar-refractivity contribution in [3.8, 4) is 11.6 Å². The molecule has 1 aromatic carbocycles. The van der Waals surface area contributed by atoms with Crippen molar-refractivity contribution in [1.29, 1.82) is 0 Å². The van der Waals surface area contributed by atoms with Gasteiger partial charge in [-0.1, -0.05) is 0 Å². The summed E-state index contributed by atoms with van der Waals surface area (Å²) in [6, 6.07) is 8.67. The molecule has 0 saturated carbocycles. The van der Waals surface area contributed by atoms with Crippen LogP contribution in [-0.2, 0) is 0 Å². The third-order valence-electron chi connectivity index (χ3n) is 2.65. The molecule has 0 unspecified atom stereocenters. The van der Waals surface area contributed by atoms with Crippen LogP contribution in [0.4, 0.5) is 11.5 Å². The number of hydrogen-bond donors (Lipinski definition) is 2. The van der Waals surface area contributed by atoms with Crippen LogP contribution < -0.4 is 15.8 Å². The summed E-state index contributed by atoms with van der Waals surface area (Å²) in [7, 11) is 1.64. The van der Waals surface area contributed by atoms with Gasteiger partial charge < -0.3 is 15.8 Å². The molecule has 1 aromatic heterocycles. The molecule has 8 nitrogen and oxygen atoms in total. The quantitative estimate of drug-likeness (QED) is 0.640. The minimum atomic E-state index is -0.584. The van der Waals surface area contributed by atoms with Crippen LogP contribution >= 0.6 is 0 Å². The first-order valence-electron chi connectivity index (χ1n) is 5.92. The number of pyridine rings is 1. The van der Waals surface area contributed by atoms with Gasteiger partial charge in [0.15, 0.2) is 0 Å². The summed E-state index contributed by atoms with van der Waals surface area (Å²) in [5.41, 5.74) is 5.19. The Morgan fingerprint density at radius 3 is 2.48 bits per heavy atom. The van der Waals surface area contributed by atoms with Gasteiger partial charge in [-0.25, -0.2) is 0 Å². The van der Waals surface area contributed by atoms with E-state index in [-0.39, 0.29) is 11.6 Å². The second-order valence-corrected chi connectivity index (χ2v) is 4.02. The molecular formula is C13H12N4O4. The van der Waals surface area contributed by atoms with E-state index in [9.17, 15) is 14.9 Å². The lowest BCUT2D eigenvalue weighted by molar-refractivity contribution is -0.386. The van der Waals surface area contributed by atoms with Crippen LogP contribution in [0.25, 0.3) is 0 Å². The van der Waals surface area contributed by atoms with E-state index in [4.69, 9.17) is 10.5 Å². The topological polar surface area (TPSA) is 120 Å². The number of ether oxygens (including phenoxy) is 1. The van der Waals surface area contributed by atoms with E-state index >= 15 is 0 Å². The van der Waals surface area contributed by atoms with Crippen molar-refractivity contribution in [3.05, 3.63) is 52.1 Å². The highest BCUT2D eigenvalue weighted by Crippen LogP contribution is 2.30. The fraction of sp³-hybridized carbons (Fsp3) is 0.0769. The first-order valence-corrected chi connectivity index (χ1v) is 5.92. The van der Waals surface area contributed by atoms with Gasteiger partial charge in [0.05, 0.1) is 4.92 Å². The normalized spacial score (nSPS) is 9.95. The summed E-state index contributed by atoms with van der Waals surface area (Å²) >= 11 is 0. The smallest absolute Gasteiger partial charge is 0.331 e. The highest BCUT2D eigenvalue weighted by atomic mass is 16.6. The number of benzene rings is 1. The molecule has 3 N–H and O–H groups in total. The number of hydrogen-bond acceptors (Lipinski definition) is 6. The Morgan fingerprint density at radius 2 is 1.95 bits per heavy atom. The van der Waals surface area contributed by atoms with Gasteiger partial charge in [0.25, 0.3) is 0 Å². The standard InChI is InChI=1S/C13H12N4O4/c1-15-11-7-6-10(17(19)20)13(16-11)21-9-4-2-8(3-5-9)12(14)18/h2-7H,1H3,(H2,14,18)(H,15,16). The number of rotatable bonds is 5. The van der Waals surface area contributed by atoms with Gasteiger partial charge in [-0.05, 0) is 30.3 Å². The molecule has 0 spiro atoms. The van der Waals surface area contributed by atoms with Crippen molar-refractivity contribution in [3.63, 3.8) is 0 Å². The van der Waals surface area contributed by atoms with Crippen LogP contribution in [0, 0.1) is 10.1 Å². The zero-order valence-electron chi connectivity index (χ0n) is 11.1. The number of nitro groups is 1. The largest absolute Gasteiger partial charge is 0.434 e. The van der Waals surface area contributed by atoms with Crippen LogP contribution in [0.3, 0.4) is 0 Å². The van der Waals surface area contributed by atoms with Gasteiger partial charge >= 0.3 is 11.6 Å². The minimum absolute atomic E-state index is 0.140. The lowest BCUT2D eigenvalue weighted by atomic mass is 10.2. The van der Waals surface area contributed by atoms with E-state index in [1.54, 1.807) is 7.05 Å². The van der Waals surface area contributed by atoms with Crippen molar-refractivity contribution < 1.29 is 14.5 Å². The first-order chi connectivity index (χ1) is 10.0. The zero-order chi connectivity index (χ0) is 15.4. The summed E-state index contributed by atoms with van der Waals surface area (Å²) in [5, 5.41) is 13.7. The third kappa shape index (κ3) is 3.24. The second kappa shape index (κ2) is 5.87. The summed E-state index contributed by atoms with van der Waals surface area (Å²) in [4.78, 5) is 25.3. The molecule has 0 aliphatic heterocycles. The van der Waals surface area contributed by atoms with Crippen LogP contribution in [0.15, 0.2) is 36.4 Å². The Morgan fingerprint density at radius 1 is 1.29 bits per heavy atom. The van der Waals surface area contributed by atoms with Gasteiger partial charge in [-0.2, -0.15) is 4.98 Å². The Labute approximate surface area is 119 Å². The number of aromatic nitrogens is 1. The van der Waals surface area contributed by atoms with Crippen LogP contribution in [0.2, 0.25) is 0 Å². The molecule has 1 heterocycles. The van der Waals surface area contributed by atoms with Crippen molar-refractivity contribution >= 4 is 17.4 Å². The highest BCUT2D eigenvalue weighted by Gasteiger charge is 2.18. The summed E-state index contributed by atoms with van der Waals surface area (Å²) in [6.45, 7) is 0. The number of nitrogens with one attached hydrogen (secondary N) is 1. The number of amides is 1. The predicted molar refractivity (Wildman–Crippen MR) is 75.5 cm³/mol. The number of carbonyl (C=O) groups excluding carboxylic acids is 1. The average Bonchev–Trinajstić information content (AvgIpc) is 2.47. The number of nitrogens with zero attached hydrogens (tertiary/aromatic N) is 2. The molecule has 0 aliphatic carbocycles. The van der Waals surface area contributed by atoms with Gasteiger partial charge in [-0.3, -0.25) is 14.9 Å². The van der Waals surface area contributed by atoms with Crippen molar-refractivity contribution in [2.75, 3.05) is 12.4 Å². The maximum Gasteiger partial charge on any atom is 0.331 e. The Balaban J connectivity index is 2.33. The van der Waals surface area contributed by atoms with E-state index in [1.807, 2.05) is 0 Å². The van der Waals surface area contributed by atoms with E-state index in [0.717, 1.165) is 0 Å². The third-order valence-corrected chi connectivity index (χ3v) is 2.65. The van der Waals surface area contributed by atoms with E-state index in [1.165, 1.54) is 36.4 Å². The highest BCUT2D eigenvalue weighted by molar-refractivity contribution is 5.92. The predicted octanol–water partition coefficient (Wildman–Crippen LogP) is 1.92. The molecule has 0 radical (unpaired) electrons. The Kier molecular flexibility index (Phi) is 3.98. The SMILES string of the molecule is CNc1ccc([N+](=O)[O-])c(Oc2ccc(C(N)=O)cc2)n1. The minimum Gasteiger partial charge on any atom is -0.434 e. The Hall–Kier alpha value is -3.16. The van der Waals surface area contributed by atoms with E-state index < -0.39 is 10.8 Å². The molecule has 1 amide bonds. The lowest BCUT2D eigenvalue weighted by Crippen LogP contribution is -2.10. The average molecular weight is 288 g/mol. The summed E-state index contributed by atoms with van der Waals surface area (Å²) in [5.74, 6) is 0.0368.